The molecule has 1 N–H and O–H groups in total. The van der Waals surface area contributed by atoms with Crippen molar-refractivity contribution in [2.75, 3.05) is 7.05 Å². The van der Waals surface area contributed by atoms with Gasteiger partial charge in [0.05, 0.1) is 6.04 Å². The van der Waals surface area contributed by atoms with E-state index in [1.807, 2.05) is 11.9 Å². The molecular weight excluding hydrogens is 212 g/mol. The summed E-state index contributed by atoms with van der Waals surface area (Å²) in [5.41, 5.74) is 0. The maximum Gasteiger partial charge on any atom is 0.239 e. The Morgan fingerprint density at radius 2 is 2.12 bits per heavy atom. The fraction of sp³-hybridized carbons (Fsp3) is 0.929. The van der Waals surface area contributed by atoms with Gasteiger partial charge < -0.3 is 10.2 Å². The molecule has 1 aliphatic heterocycles. The Labute approximate surface area is 105 Å². The van der Waals surface area contributed by atoms with Crippen LogP contribution in [0.2, 0.25) is 0 Å². The van der Waals surface area contributed by atoms with E-state index in [0.717, 1.165) is 18.8 Å². The number of hydrogen-bond acceptors (Lipinski definition) is 2. The highest BCUT2D eigenvalue weighted by atomic mass is 16.2. The van der Waals surface area contributed by atoms with Crippen LogP contribution in [0.15, 0.2) is 0 Å². The number of fused-ring (bicyclic) bond motifs is 1. The number of amides is 1. The lowest BCUT2D eigenvalue weighted by molar-refractivity contribution is -0.133. The standard InChI is InChI=1S/C14H26N2O/c1-4-10(2)16(3)14(17)13-9-11-7-5-6-8-12(11)15-13/h10-13,15H,4-9H2,1-3H3. The van der Waals surface area contributed by atoms with E-state index < -0.39 is 0 Å². The number of carbonyl (C=O) groups is 1. The van der Waals surface area contributed by atoms with E-state index in [0.29, 0.717) is 18.0 Å². The lowest BCUT2D eigenvalue weighted by atomic mass is 9.85. The van der Waals surface area contributed by atoms with Crippen LogP contribution in [0, 0.1) is 5.92 Å². The van der Waals surface area contributed by atoms with Gasteiger partial charge in [0.1, 0.15) is 0 Å². The van der Waals surface area contributed by atoms with Gasteiger partial charge in [-0.15, -0.1) is 0 Å². The lowest BCUT2D eigenvalue weighted by Gasteiger charge is -2.27. The first-order valence-electron chi connectivity index (χ1n) is 7.16. The van der Waals surface area contributed by atoms with Gasteiger partial charge in [0, 0.05) is 19.1 Å². The number of rotatable bonds is 3. The van der Waals surface area contributed by atoms with E-state index in [2.05, 4.69) is 19.2 Å². The highest BCUT2D eigenvalue weighted by Gasteiger charge is 2.39. The molecule has 98 valence electrons. The highest BCUT2D eigenvalue weighted by molar-refractivity contribution is 5.82. The summed E-state index contributed by atoms with van der Waals surface area (Å²) in [6.45, 7) is 4.26. The molecule has 2 aliphatic rings. The van der Waals surface area contributed by atoms with E-state index in [1.54, 1.807) is 0 Å². The molecule has 17 heavy (non-hydrogen) atoms. The van der Waals surface area contributed by atoms with Crippen molar-refractivity contribution in [3.8, 4) is 0 Å². The first-order valence-corrected chi connectivity index (χ1v) is 7.16. The summed E-state index contributed by atoms with van der Waals surface area (Å²) in [5, 5.41) is 3.56. The third-order valence-corrected chi connectivity index (χ3v) is 4.76. The predicted molar refractivity (Wildman–Crippen MR) is 69.8 cm³/mol. The summed E-state index contributed by atoms with van der Waals surface area (Å²) >= 11 is 0. The summed E-state index contributed by atoms with van der Waals surface area (Å²) in [6, 6.07) is 1.05. The first-order chi connectivity index (χ1) is 8.13. The lowest BCUT2D eigenvalue weighted by Crippen LogP contribution is -2.46. The van der Waals surface area contributed by atoms with E-state index >= 15 is 0 Å². The summed E-state index contributed by atoms with van der Waals surface area (Å²) in [7, 11) is 1.94. The molecule has 4 unspecified atom stereocenters. The summed E-state index contributed by atoms with van der Waals surface area (Å²) in [5.74, 6) is 1.05. The van der Waals surface area contributed by atoms with Crippen molar-refractivity contribution in [1.29, 1.82) is 0 Å². The predicted octanol–water partition coefficient (Wildman–Crippen LogP) is 2.16. The van der Waals surface area contributed by atoms with Crippen LogP contribution in [0.25, 0.3) is 0 Å². The van der Waals surface area contributed by atoms with E-state index in [1.165, 1.54) is 25.7 Å². The van der Waals surface area contributed by atoms with Crippen LogP contribution in [0.5, 0.6) is 0 Å². The minimum absolute atomic E-state index is 0.0853. The fourth-order valence-electron chi connectivity index (χ4n) is 3.25. The second-order valence-corrected chi connectivity index (χ2v) is 5.81. The maximum absolute atomic E-state index is 12.4. The molecule has 3 nitrogen and oxygen atoms in total. The fourth-order valence-corrected chi connectivity index (χ4v) is 3.25. The molecule has 1 heterocycles. The quantitative estimate of drug-likeness (QED) is 0.817. The van der Waals surface area contributed by atoms with Crippen molar-refractivity contribution in [2.24, 2.45) is 5.92 Å². The molecule has 1 saturated heterocycles. The third-order valence-electron chi connectivity index (χ3n) is 4.76. The van der Waals surface area contributed by atoms with Gasteiger partial charge >= 0.3 is 0 Å². The number of nitrogens with one attached hydrogen (secondary N) is 1. The van der Waals surface area contributed by atoms with Crippen molar-refractivity contribution < 1.29 is 4.79 Å². The zero-order chi connectivity index (χ0) is 12.4. The molecule has 4 atom stereocenters. The molecule has 2 rings (SSSR count). The molecule has 1 amide bonds. The Bertz CT molecular complexity index is 265. The molecule has 0 aromatic carbocycles. The normalized spacial score (nSPS) is 34.2. The van der Waals surface area contributed by atoms with E-state index in [9.17, 15) is 4.79 Å². The van der Waals surface area contributed by atoms with Crippen LogP contribution in [0.1, 0.15) is 52.4 Å². The second-order valence-electron chi connectivity index (χ2n) is 5.81. The Hall–Kier alpha value is -0.570. The SMILES string of the molecule is CCC(C)N(C)C(=O)C1CC2CCCCC2N1. The molecule has 1 saturated carbocycles. The third kappa shape index (κ3) is 2.65. The van der Waals surface area contributed by atoms with Crippen molar-refractivity contribution in [2.45, 2.75) is 70.5 Å². The van der Waals surface area contributed by atoms with Crippen molar-refractivity contribution in [3.05, 3.63) is 0 Å². The van der Waals surface area contributed by atoms with Gasteiger partial charge in [-0.25, -0.2) is 0 Å². The van der Waals surface area contributed by atoms with Crippen LogP contribution in [-0.2, 0) is 4.79 Å². The van der Waals surface area contributed by atoms with Gasteiger partial charge in [0.2, 0.25) is 5.91 Å². The number of hydrogen-bond donors (Lipinski definition) is 1. The van der Waals surface area contributed by atoms with Crippen molar-refractivity contribution >= 4 is 5.91 Å². The van der Waals surface area contributed by atoms with Crippen LogP contribution >= 0.6 is 0 Å². The highest BCUT2D eigenvalue weighted by Crippen LogP contribution is 2.33. The van der Waals surface area contributed by atoms with Crippen molar-refractivity contribution in [3.63, 3.8) is 0 Å². The monoisotopic (exact) mass is 238 g/mol. The summed E-state index contributed by atoms with van der Waals surface area (Å²) in [6.07, 6.45) is 7.35. The molecule has 3 heteroatoms. The Balaban J connectivity index is 1.93. The van der Waals surface area contributed by atoms with Gasteiger partial charge in [-0.1, -0.05) is 19.8 Å². The average Bonchev–Trinajstić information content (AvgIpc) is 2.79. The summed E-state index contributed by atoms with van der Waals surface area (Å²) in [4.78, 5) is 14.3. The van der Waals surface area contributed by atoms with Crippen molar-refractivity contribution in [1.82, 2.24) is 10.2 Å². The Morgan fingerprint density at radius 1 is 1.41 bits per heavy atom. The summed E-state index contributed by atoms with van der Waals surface area (Å²) < 4.78 is 0. The van der Waals surface area contributed by atoms with Gasteiger partial charge in [-0.2, -0.15) is 0 Å². The van der Waals surface area contributed by atoms with Crippen LogP contribution in [-0.4, -0.2) is 36.0 Å². The van der Waals surface area contributed by atoms with Gasteiger partial charge in [-0.05, 0) is 38.5 Å². The van der Waals surface area contributed by atoms with E-state index in [-0.39, 0.29) is 6.04 Å². The molecule has 2 fully saturated rings. The molecule has 0 spiro atoms. The average molecular weight is 238 g/mol. The Morgan fingerprint density at radius 3 is 2.76 bits per heavy atom. The van der Waals surface area contributed by atoms with Gasteiger partial charge in [-0.3, -0.25) is 4.79 Å². The van der Waals surface area contributed by atoms with Gasteiger partial charge in [0.15, 0.2) is 0 Å². The number of carbonyl (C=O) groups excluding carboxylic acids is 1. The smallest absolute Gasteiger partial charge is 0.239 e. The van der Waals surface area contributed by atoms with E-state index in [4.69, 9.17) is 0 Å². The van der Waals surface area contributed by atoms with Crippen LogP contribution in [0.4, 0.5) is 0 Å². The molecule has 0 aromatic heterocycles. The number of likely N-dealkylation sites (N-methyl/N-ethyl adjacent to an activating group) is 1. The molecular formula is C14H26N2O. The zero-order valence-corrected chi connectivity index (χ0v) is 11.4. The second kappa shape index (κ2) is 5.38. The maximum atomic E-state index is 12.4. The molecule has 1 aliphatic carbocycles. The first kappa shape index (κ1) is 12.9. The molecule has 0 radical (unpaired) electrons. The van der Waals surface area contributed by atoms with Crippen LogP contribution < -0.4 is 5.32 Å². The molecule has 0 bridgehead atoms. The largest absolute Gasteiger partial charge is 0.342 e. The number of nitrogens with zero attached hydrogens (tertiary/aromatic N) is 1. The van der Waals surface area contributed by atoms with Gasteiger partial charge in [0.25, 0.3) is 0 Å². The minimum Gasteiger partial charge on any atom is -0.342 e. The zero-order valence-electron chi connectivity index (χ0n) is 11.4. The topological polar surface area (TPSA) is 32.3 Å². The minimum atomic E-state index is 0.0853. The Kier molecular flexibility index (Phi) is 4.08. The molecule has 0 aromatic rings. The van der Waals surface area contributed by atoms with Crippen LogP contribution in [0.3, 0.4) is 0 Å².